The zero-order valence-corrected chi connectivity index (χ0v) is 14.0. The highest BCUT2D eigenvalue weighted by Crippen LogP contribution is 2.20. The maximum atomic E-state index is 12.2. The van der Waals surface area contributed by atoms with Crippen molar-refractivity contribution in [2.24, 2.45) is 0 Å². The van der Waals surface area contributed by atoms with Crippen LogP contribution in [0.15, 0.2) is 71.3 Å². The monoisotopic (exact) mass is 365 g/mol. The molecule has 1 aromatic heterocycles. The summed E-state index contributed by atoms with van der Waals surface area (Å²) in [5.41, 5.74) is 1.14. The fourth-order valence-electron chi connectivity index (χ4n) is 2.49. The Morgan fingerprint density at radius 1 is 0.963 bits per heavy atom. The van der Waals surface area contributed by atoms with Gasteiger partial charge in [-0.3, -0.25) is 19.7 Å². The molecule has 0 radical (unpaired) electrons. The molecule has 27 heavy (non-hydrogen) atoms. The minimum atomic E-state index is -0.520. The molecule has 0 fully saturated rings. The summed E-state index contributed by atoms with van der Waals surface area (Å²) in [4.78, 5) is 34.7. The van der Waals surface area contributed by atoms with Gasteiger partial charge in [0.1, 0.15) is 0 Å². The summed E-state index contributed by atoms with van der Waals surface area (Å²) in [6.45, 7) is 0. The van der Waals surface area contributed by atoms with Crippen LogP contribution in [0.25, 0.3) is 0 Å². The fourth-order valence-corrected chi connectivity index (χ4v) is 2.49. The number of benzene rings is 2. The number of nitro groups is 1. The number of furan rings is 1. The second kappa shape index (κ2) is 7.96. The highest BCUT2D eigenvalue weighted by molar-refractivity contribution is 6.02. The van der Waals surface area contributed by atoms with E-state index in [1.54, 1.807) is 42.5 Å². The SMILES string of the molecule is O=C(Cc1ccccc1[N+](=O)[O-])Nc1cccc(NC(=O)c2ccco2)c1. The zero-order valence-electron chi connectivity index (χ0n) is 14.0. The lowest BCUT2D eigenvalue weighted by Gasteiger charge is -2.08. The molecular formula is C19H15N3O5. The third kappa shape index (κ3) is 4.57. The van der Waals surface area contributed by atoms with E-state index in [0.717, 1.165) is 0 Å². The largest absolute Gasteiger partial charge is 0.459 e. The average molecular weight is 365 g/mol. The number of hydrogen-bond acceptors (Lipinski definition) is 5. The predicted molar refractivity (Wildman–Crippen MR) is 98.5 cm³/mol. The van der Waals surface area contributed by atoms with Crippen molar-refractivity contribution in [2.75, 3.05) is 10.6 Å². The number of amides is 2. The molecule has 0 bridgehead atoms. The summed E-state index contributed by atoms with van der Waals surface area (Å²) in [6, 6.07) is 15.8. The molecule has 2 N–H and O–H groups in total. The molecule has 0 atom stereocenters. The van der Waals surface area contributed by atoms with Gasteiger partial charge in [0.15, 0.2) is 5.76 Å². The number of nitro benzene ring substituents is 1. The lowest BCUT2D eigenvalue weighted by molar-refractivity contribution is -0.385. The van der Waals surface area contributed by atoms with Gasteiger partial charge in [-0.1, -0.05) is 24.3 Å². The van der Waals surface area contributed by atoms with Crippen molar-refractivity contribution in [1.29, 1.82) is 0 Å². The lowest BCUT2D eigenvalue weighted by atomic mass is 10.1. The number of carbonyl (C=O) groups excluding carboxylic acids is 2. The molecule has 2 aromatic carbocycles. The number of nitrogens with one attached hydrogen (secondary N) is 2. The number of carbonyl (C=O) groups is 2. The zero-order chi connectivity index (χ0) is 19.2. The normalized spacial score (nSPS) is 10.2. The van der Waals surface area contributed by atoms with Crippen LogP contribution in [-0.2, 0) is 11.2 Å². The van der Waals surface area contributed by atoms with Crippen molar-refractivity contribution >= 4 is 28.9 Å². The van der Waals surface area contributed by atoms with Crippen LogP contribution in [-0.4, -0.2) is 16.7 Å². The quantitative estimate of drug-likeness (QED) is 0.511. The minimum absolute atomic E-state index is 0.105. The Morgan fingerprint density at radius 3 is 2.41 bits per heavy atom. The Hall–Kier alpha value is -3.94. The van der Waals surface area contributed by atoms with E-state index in [9.17, 15) is 19.7 Å². The number of anilines is 2. The van der Waals surface area contributed by atoms with E-state index in [-0.39, 0.29) is 17.9 Å². The average Bonchev–Trinajstić information content (AvgIpc) is 3.17. The molecule has 1 heterocycles. The van der Waals surface area contributed by atoms with Crippen molar-refractivity contribution in [3.63, 3.8) is 0 Å². The molecule has 0 saturated carbocycles. The molecule has 3 aromatic rings. The minimum Gasteiger partial charge on any atom is -0.459 e. The molecule has 0 aliphatic rings. The number of nitrogens with zero attached hydrogens (tertiary/aromatic N) is 1. The Labute approximate surface area is 154 Å². The van der Waals surface area contributed by atoms with Crippen molar-refractivity contribution in [1.82, 2.24) is 0 Å². The first kappa shape index (κ1) is 17.9. The molecule has 8 nitrogen and oxygen atoms in total. The lowest BCUT2D eigenvalue weighted by Crippen LogP contribution is -2.16. The smallest absolute Gasteiger partial charge is 0.291 e. The van der Waals surface area contributed by atoms with Crippen LogP contribution in [0.4, 0.5) is 17.1 Å². The van der Waals surface area contributed by atoms with Crippen LogP contribution in [0, 0.1) is 10.1 Å². The first-order chi connectivity index (χ1) is 13.0. The second-order valence-corrected chi connectivity index (χ2v) is 5.62. The van der Waals surface area contributed by atoms with Gasteiger partial charge in [0.25, 0.3) is 11.6 Å². The van der Waals surface area contributed by atoms with E-state index in [2.05, 4.69) is 10.6 Å². The maximum absolute atomic E-state index is 12.2. The third-order valence-corrected chi connectivity index (χ3v) is 3.69. The van der Waals surface area contributed by atoms with Crippen LogP contribution in [0.1, 0.15) is 16.1 Å². The van der Waals surface area contributed by atoms with Crippen LogP contribution in [0.2, 0.25) is 0 Å². The standard InChI is InChI=1S/C19H15N3O5/c23-18(11-13-5-1-2-8-16(13)22(25)26)20-14-6-3-7-15(12-14)21-19(24)17-9-4-10-27-17/h1-10,12H,11H2,(H,20,23)(H,21,24). The van der Waals surface area contributed by atoms with Gasteiger partial charge in [0.05, 0.1) is 17.6 Å². The Bertz CT molecular complexity index is 983. The molecule has 0 spiro atoms. The third-order valence-electron chi connectivity index (χ3n) is 3.69. The molecule has 136 valence electrons. The summed E-state index contributed by atoms with van der Waals surface area (Å²) in [7, 11) is 0. The predicted octanol–water partition coefficient (Wildman–Crippen LogP) is 3.62. The van der Waals surface area contributed by atoms with E-state index in [1.165, 1.54) is 24.5 Å². The van der Waals surface area contributed by atoms with Crippen LogP contribution < -0.4 is 10.6 Å². The van der Waals surface area contributed by atoms with E-state index < -0.39 is 16.7 Å². The van der Waals surface area contributed by atoms with Crippen molar-refractivity contribution < 1.29 is 18.9 Å². The Kier molecular flexibility index (Phi) is 5.27. The van der Waals surface area contributed by atoms with Gasteiger partial charge in [-0.2, -0.15) is 0 Å². The molecule has 8 heteroatoms. The van der Waals surface area contributed by atoms with Gasteiger partial charge >= 0.3 is 0 Å². The molecule has 0 unspecified atom stereocenters. The van der Waals surface area contributed by atoms with E-state index in [4.69, 9.17) is 4.42 Å². The summed E-state index contributed by atoms with van der Waals surface area (Å²) in [5, 5.41) is 16.4. The van der Waals surface area contributed by atoms with Crippen LogP contribution >= 0.6 is 0 Å². The summed E-state index contributed by atoms with van der Waals surface area (Å²) in [5.74, 6) is -0.650. The van der Waals surface area contributed by atoms with Crippen LogP contribution in [0.3, 0.4) is 0 Å². The van der Waals surface area contributed by atoms with Gasteiger partial charge in [-0.15, -0.1) is 0 Å². The Balaban J connectivity index is 1.67. The van der Waals surface area contributed by atoms with Gasteiger partial charge in [-0.05, 0) is 30.3 Å². The molecule has 2 amide bonds. The summed E-state index contributed by atoms with van der Waals surface area (Å²) in [6.07, 6.45) is 1.26. The van der Waals surface area contributed by atoms with E-state index in [0.29, 0.717) is 16.9 Å². The highest BCUT2D eigenvalue weighted by Gasteiger charge is 2.16. The first-order valence-electron chi connectivity index (χ1n) is 8.00. The van der Waals surface area contributed by atoms with Gasteiger partial charge < -0.3 is 15.1 Å². The van der Waals surface area contributed by atoms with Crippen molar-refractivity contribution in [3.05, 3.63) is 88.4 Å². The van der Waals surface area contributed by atoms with E-state index in [1.807, 2.05) is 0 Å². The van der Waals surface area contributed by atoms with Gasteiger partial charge in [0.2, 0.25) is 5.91 Å². The first-order valence-corrected chi connectivity index (χ1v) is 8.00. The molecule has 0 saturated heterocycles. The topological polar surface area (TPSA) is 114 Å². The van der Waals surface area contributed by atoms with Gasteiger partial charge in [-0.25, -0.2) is 0 Å². The van der Waals surface area contributed by atoms with Crippen molar-refractivity contribution in [3.8, 4) is 0 Å². The van der Waals surface area contributed by atoms with Gasteiger partial charge in [0, 0.05) is 23.0 Å². The fraction of sp³-hybridized carbons (Fsp3) is 0.0526. The molecular weight excluding hydrogens is 350 g/mol. The number of para-hydroxylation sites is 1. The van der Waals surface area contributed by atoms with Crippen molar-refractivity contribution in [2.45, 2.75) is 6.42 Å². The maximum Gasteiger partial charge on any atom is 0.291 e. The molecule has 0 aliphatic carbocycles. The molecule has 0 aliphatic heterocycles. The Morgan fingerprint density at radius 2 is 1.70 bits per heavy atom. The summed E-state index contributed by atoms with van der Waals surface area (Å²) >= 11 is 0. The number of hydrogen-bond donors (Lipinski definition) is 2. The second-order valence-electron chi connectivity index (χ2n) is 5.62. The summed E-state index contributed by atoms with van der Waals surface area (Å²) < 4.78 is 5.02. The highest BCUT2D eigenvalue weighted by atomic mass is 16.6. The van der Waals surface area contributed by atoms with E-state index >= 15 is 0 Å². The molecule has 3 rings (SSSR count). The van der Waals surface area contributed by atoms with Crippen LogP contribution in [0.5, 0.6) is 0 Å². The number of rotatable bonds is 6.